The highest BCUT2D eigenvalue weighted by atomic mass is 16.5. The lowest BCUT2D eigenvalue weighted by atomic mass is 10.0. The van der Waals surface area contributed by atoms with Crippen molar-refractivity contribution in [1.29, 1.82) is 0 Å². The number of amides is 6. The maximum atomic E-state index is 15.1. The number of hydrogen-bond donors (Lipinski definition) is 6. The molecule has 596 valence electrons. The lowest BCUT2D eigenvalue weighted by Gasteiger charge is -2.23. The third-order valence-corrected chi connectivity index (χ3v) is 21.5. The van der Waals surface area contributed by atoms with Gasteiger partial charge in [0.1, 0.15) is 86.0 Å². The molecule has 3 saturated heterocycles. The molecule has 5 unspecified atom stereocenters. The molecular weight excluding hydrogens is 1480 g/mol. The van der Waals surface area contributed by atoms with Crippen LogP contribution in [0.1, 0.15) is 129 Å². The maximum Gasteiger partial charge on any atom is 0.256 e. The average Bonchev–Trinajstić information content (AvgIpc) is 1.61. The van der Waals surface area contributed by atoms with Crippen molar-refractivity contribution in [2.24, 2.45) is 11.8 Å². The highest BCUT2D eigenvalue weighted by Crippen LogP contribution is 2.43. The van der Waals surface area contributed by atoms with E-state index in [-0.39, 0.29) is 96.5 Å². The molecule has 12 heterocycles. The zero-order chi connectivity index (χ0) is 81.5. The van der Waals surface area contributed by atoms with Crippen molar-refractivity contribution in [3.63, 3.8) is 0 Å². The normalized spacial score (nSPS) is 17.0. The van der Waals surface area contributed by atoms with Gasteiger partial charge in [-0.05, 0) is 148 Å². The molecular formula is C87H90N22O8. The molecule has 6 amide bonds. The van der Waals surface area contributed by atoms with Crippen LogP contribution in [-0.2, 0) is 23.9 Å². The Kier molecular flexibility index (Phi) is 23.2. The van der Waals surface area contributed by atoms with E-state index in [4.69, 9.17) is 41.6 Å². The van der Waals surface area contributed by atoms with Crippen LogP contribution in [0.25, 0.3) is 50.3 Å². The first-order valence-corrected chi connectivity index (χ1v) is 38.8. The number of pyridine rings is 3. The summed E-state index contributed by atoms with van der Waals surface area (Å²) in [6.45, 7) is 10.7. The summed E-state index contributed by atoms with van der Waals surface area (Å²) in [5.41, 5.74) is 29.5. The van der Waals surface area contributed by atoms with Gasteiger partial charge in [0.25, 0.3) is 17.7 Å². The van der Waals surface area contributed by atoms with E-state index < -0.39 is 12.1 Å². The first-order valence-electron chi connectivity index (χ1n) is 38.8. The molecule has 0 radical (unpaired) electrons. The number of carbonyl (C=O) groups excluding carboxylic acids is 6. The number of rotatable bonds is 26. The topological polar surface area (TPSA) is 377 Å². The van der Waals surface area contributed by atoms with Crippen molar-refractivity contribution in [3.8, 4) is 33.8 Å². The SMILES string of the molecule is COCC=CC(=O)N1CC(COCC=CC(=O)N2CC(CN(C)CC=CC(=O)N3CCCC3c3nc(-c4ccc(C(=O)Nc5cc(C)ccn5)cc4)c4c(N)nccn34)CC2c2nc(-c3ccc(C(=O)Nc4cc(C(C)C)ccn4)cc3)c3c(N)nccn23)CC1c1nc(-c2ccc(C(=O)Nc3cc(C)ccn3)cc2)c2c(N)nccn12. The minimum absolute atomic E-state index is 0.0707. The number of aryl methyl sites for hydroxylation is 2. The number of imidazole rings is 3. The summed E-state index contributed by atoms with van der Waals surface area (Å²) in [6, 6.07) is 30.8. The summed E-state index contributed by atoms with van der Waals surface area (Å²) in [5.74, 6) is 2.14. The van der Waals surface area contributed by atoms with Crippen molar-refractivity contribution in [2.75, 3.05) is 99.9 Å². The zero-order valence-corrected chi connectivity index (χ0v) is 65.7. The van der Waals surface area contributed by atoms with Crippen molar-refractivity contribution in [2.45, 2.75) is 77.4 Å². The van der Waals surface area contributed by atoms with Gasteiger partial charge in [-0.2, -0.15) is 0 Å². The fourth-order valence-electron chi connectivity index (χ4n) is 15.8. The van der Waals surface area contributed by atoms with Gasteiger partial charge in [0.05, 0.1) is 37.9 Å². The van der Waals surface area contributed by atoms with Gasteiger partial charge >= 0.3 is 0 Å². The number of carbonyl (C=O) groups is 6. The molecule has 0 saturated carbocycles. The second kappa shape index (κ2) is 34.5. The zero-order valence-electron chi connectivity index (χ0n) is 65.7. The molecule has 12 aromatic rings. The second-order valence-electron chi connectivity index (χ2n) is 30.0. The van der Waals surface area contributed by atoms with Gasteiger partial charge in [-0.3, -0.25) is 42.0 Å². The van der Waals surface area contributed by atoms with Crippen LogP contribution in [0.3, 0.4) is 0 Å². The van der Waals surface area contributed by atoms with E-state index in [0.717, 1.165) is 28.7 Å². The van der Waals surface area contributed by atoms with Crippen LogP contribution in [0.4, 0.5) is 34.9 Å². The summed E-state index contributed by atoms with van der Waals surface area (Å²) < 4.78 is 17.3. The first-order chi connectivity index (χ1) is 56.7. The molecule has 9 N–H and O–H groups in total. The van der Waals surface area contributed by atoms with Gasteiger partial charge in [-0.25, -0.2) is 44.9 Å². The Morgan fingerprint density at radius 1 is 0.504 bits per heavy atom. The maximum absolute atomic E-state index is 15.1. The Balaban J connectivity index is 0.647. The third kappa shape index (κ3) is 17.1. The number of nitrogens with one attached hydrogen (secondary N) is 3. The largest absolute Gasteiger partial charge is 0.382 e. The number of ether oxygens (including phenoxy) is 2. The fraction of sp³-hybridized carbons (Fsp3) is 0.276. The molecule has 0 aliphatic carbocycles. The van der Waals surface area contributed by atoms with Gasteiger partial charge < -0.3 is 62.2 Å². The predicted molar refractivity (Wildman–Crippen MR) is 445 cm³/mol. The highest BCUT2D eigenvalue weighted by Gasteiger charge is 2.42. The Hall–Kier alpha value is -13.7. The third-order valence-electron chi connectivity index (χ3n) is 21.5. The molecule has 5 atom stereocenters. The molecule has 117 heavy (non-hydrogen) atoms. The Bertz CT molecular complexity index is 5840. The monoisotopic (exact) mass is 1570 g/mol. The molecule has 30 nitrogen and oxygen atoms in total. The number of nitrogens with zero attached hydrogens (tertiary/aromatic N) is 16. The number of hydrogen-bond acceptors (Lipinski definition) is 21. The molecule has 0 bridgehead atoms. The lowest BCUT2D eigenvalue weighted by Crippen LogP contribution is -2.32. The second-order valence-corrected chi connectivity index (χ2v) is 30.0. The number of nitrogens with two attached hydrogens (primary N) is 3. The predicted octanol–water partition coefficient (Wildman–Crippen LogP) is 11.4. The van der Waals surface area contributed by atoms with Gasteiger partial charge in [-0.15, -0.1) is 0 Å². The molecule has 3 aromatic carbocycles. The van der Waals surface area contributed by atoms with E-state index in [1.54, 1.807) is 147 Å². The smallest absolute Gasteiger partial charge is 0.256 e. The summed E-state index contributed by atoms with van der Waals surface area (Å²) >= 11 is 0. The molecule has 30 heteroatoms. The van der Waals surface area contributed by atoms with Crippen LogP contribution in [0.15, 0.2) is 201 Å². The van der Waals surface area contributed by atoms with Crippen LogP contribution in [0.2, 0.25) is 0 Å². The number of benzene rings is 3. The number of aromatic nitrogens is 12. The standard InChI is InChI=1S/C87H90N22O8/c1-52(2)63-29-32-93-69(47-63)99-87(115)62-25-19-58(20-26-62)74-77-80(89)95-34-39-106(77)83(101-74)65-45-55(48-103(5)36-8-12-70(110)104-37-7-11-64(104)82-100-73(76-79(88)94-33-38-105(76)82)57-15-21-60(22-16-57)85(113)97-67-43-53(3)27-30-91-67)49-108(65)72(112)14-10-42-117-51-56-46-66(109(50-56)71(111)13-9-41-116-6)84-102-75(78-81(90)96-35-40-107(78)84)59-17-23-61(24-18-59)86(114)98-68-44-54(4)28-31-92-68/h8-10,12-35,38-40,43-44,47,52,55-56,64-66H,7,11,36-37,41-42,45-46,48-51H2,1-6H3,(H2,88,94)(H2,89,95)(H2,90,96)(H,91,97,113)(H,92,98,114)(H,93,99,115). The lowest BCUT2D eigenvalue weighted by molar-refractivity contribution is -0.128. The molecule has 9 aromatic heterocycles. The van der Waals surface area contributed by atoms with Gasteiger partial charge in [0.2, 0.25) is 17.7 Å². The van der Waals surface area contributed by atoms with Crippen LogP contribution in [-0.4, -0.2) is 180 Å². The Morgan fingerprint density at radius 3 is 1.37 bits per heavy atom. The van der Waals surface area contributed by atoms with Crippen molar-refractivity contribution in [1.82, 2.24) is 77.7 Å². The minimum Gasteiger partial charge on any atom is -0.382 e. The van der Waals surface area contributed by atoms with E-state index >= 15 is 4.79 Å². The molecule has 3 aliphatic heterocycles. The molecule has 3 aliphatic rings. The number of nitrogen functional groups attached to an aromatic ring is 3. The van der Waals surface area contributed by atoms with Crippen LogP contribution in [0, 0.1) is 25.7 Å². The van der Waals surface area contributed by atoms with E-state index in [0.29, 0.717) is 148 Å². The quantitative estimate of drug-likeness (QED) is 0.0217. The van der Waals surface area contributed by atoms with E-state index in [1.165, 1.54) is 12.2 Å². The van der Waals surface area contributed by atoms with E-state index in [9.17, 15) is 24.0 Å². The highest BCUT2D eigenvalue weighted by molar-refractivity contribution is 6.06. The summed E-state index contributed by atoms with van der Waals surface area (Å²) in [4.78, 5) is 133. The first kappa shape index (κ1) is 78.6. The number of likely N-dealkylation sites (N-methyl/N-ethyl adjacent to an activating group) is 1. The Morgan fingerprint density at radius 2 is 0.915 bits per heavy atom. The van der Waals surface area contributed by atoms with Gasteiger partial charge in [0.15, 0.2) is 0 Å². The van der Waals surface area contributed by atoms with Crippen LogP contribution >= 0.6 is 0 Å². The van der Waals surface area contributed by atoms with Gasteiger partial charge in [0, 0.05) is 153 Å². The van der Waals surface area contributed by atoms with Crippen molar-refractivity contribution in [3.05, 3.63) is 252 Å². The van der Waals surface area contributed by atoms with E-state index in [2.05, 4.69) is 64.6 Å². The van der Waals surface area contributed by atoms with Crippen molar-refractivity contribution >= 4 is 86.9 Å². The van der Waals surface area contributed by atoms with Crippen LogP contribution in [0.5, 0.6) is 0 Å². The Labute approximate surface area is 674 Å². The summed E-state index contributed by atoms with van der Waals surface area (Å²) in [6.07, 6.45) is 27.4. The van der Waals surface area contributed by atoms with E-state index in [1.807, 2.05) is 98.5 Å². The molecule has 3 fully saturated rings. The summed E-state index contributed by atoms with van der Waals surface area (Å²) in [5, 5.41) is 8.64. The summed E-state index contributed by atoms with van der Waals surface area (Å²) in [7, 11) is 3.54. The van der Waals surface area contributed by atoms with Gasteiger partial charge in [-0.1, -0.05) is 68.5 Å². The number of likely N-dealkylation sites (tertiary alicyclic amines) is 3. The molecule has 0 spiro atoms. The van der Waals surface area contributed by atoms with Crippen molar-refractivity contribution < 1.29 is 38.2 Å². The average molecular weight is 1570 g/mol. The number of fused-ring (bicyclic) bond motifs is 3. The number of methoxy groups -OCH3 is 1. The fourth-order valence-corrected chi connectivity index (χ4v) is 15.8. The van der Waals surface area contributed by atoms with Crippen LogP contribution < -0.4 is 33.2 Å². The molecule has 15 rings (SSSR count). The number of anilines is 6. The minimum atomic E-state index is -0.568.